The first-order chi connectivity index (χ1) is 21.6. The molecule has 1 N–H and O–H groups in total. The van der Waals surface area contributed by atoms with Crippen molar-refractivity contribution in [1.29, 1.82) is 0 Å². The van der Waals surface area contributed by atoms with Gasteiger partial charge in [0.05, 0.1) is 11.6 Å². The highest BCUT2D eigenvalue weighted by atomic mass is 16.5. The number of carbonyl (C=O) groups excluding carboxylic acids is 3. The second kappa shape index (κ2) is 15.8. The molecule has 2 aromatic carbocycles. The minimum absolute atomic E-state index is 0.0465. The Bertz CT molecular complexity index is 1290. The molecule has 2 amide bonds. The molecule has 9 heteroatoms. The number of rotatable bonds is 12. The molecule has 3 atom stereocenters. The van der Waals surface area contributed by atoms with Gasteiger partial charge in [0.2, 0.25) is 5.91 Å². The lowest BCUT2D eigenvalue weighted by Crippen LogP contribution is -2.53. The molecule has 1 saturated carbocycles. The molecule has 0 spiro atoms. The number of hydrogen-bond acceptors (Lipinski definition) is 7. The Morgan fingerprint density at radius 3 is 2.42 bits per heavy atom. The largest absolute Gasteiger partial charge is 0.476 e. The minimum Gasteiger partial charge on any atom is -0.476 e. The molecule has 2 heterocycles. The van der Waals surface area contributed by atoms with Crippen LogP contribution >= 0.6 is 0 Å². The van der Waals surface area contributed by atoms with Crippen molar-refractivity contribution in [2.24, 2.45) is 17.8 Å². The number of nitrogens with one attached hydrogen (secondary N) is 1. The number of piperidine rings is 1. The molecule has 3 unspecified atom stereocenters. The summed E-state index contributed by atoms with van der Waals surface area (Å²) in [4.78, 5) is 42.3. The van der Waals surface area contributed by atoms with Gasteiger partial charge in [-0.05, 0) is 82.6 Å². The summed E-state index contributed by atoms with van der Waals surface area (Å²) in [5.41, 5.74) is 1.90. The van der Waals surface area contributed by atoms with E-state index in [1.165, 1.54) is 5.56 Å². The van der Waals surface area contributed by atoms with Crippen LogP contribution in [0.1, 0.15) is 58.9 Å². The van der Waals surface area contributed by atoms with Crippen molar-refractivity contribution < 1.29 is 28.6 Å². The molecule has 3 aliphatic rings. The first-order valence-corrected chi connectivity index (χ1v) is 16.3. The number of anilines is 2. The van der Waals surface area contributed by atoms with Crippen LogP contribution in [0.3, 0.4) is 0 Å². The number of amides is 2. The Hall–Kier alpha value is -3.27. The molecule has 1 saturated heterocycles. The predicted molar refractivity (Wildman–Crippen MR) is 177 cm³/mol. The van der Waals surface area contributed by atoms with Gasteiger partial charge in [0.15, 0.2) is 5.60 Å². The van der Waals surface area contributed by atoms with Gasteiger partial charge in [-0.15, -0.1) is 0 Å². The Balaban J connectivity index is 0.000000323. The highest BCUT2D eigenvalue weighted by Crippen LogP contribution is 2.43. The van der Waals surface area contributed by atoms with Crippen LogP contribution in [0.15, 0.2) is 48.5 Å². The third kappa shape index (κ3) is 9.15. The van der Waals surface area contributed by atoms with E-state index in [0.29, 0.717) is 56.4 Å². The van der Waals surface area contributed by atoms with E-state index in [0.717, 1.165) is 31.6 Å². The van der Waals surface area contributed by atoms with E-state index in [2.05, 4.69) is 36.5 Å². The minimum atomic E-state index is -0.955. The van der Waals surface area contributed by atoms with Gasteiger partial charge < -0.3 is 29.3 Å². The average molecular weight is 622 g/mol. The lowest BCUT2D eigenvalue weighted by molar-refractivity contribution is -0.132. The number of hydrogen-bond donors (Lipinski definition) is 1. The van der Waals surface area contributed by atoms with Gasteiger partial charge in [-0.1, -0.05) is 37.3 Å². The second-order valence-corrected chi connectivity index (χ2v) is 13.2. The van der Waals surface area contributed by atoms with E-state index in [9.17, 15) is 14.4 Å². The molecule has 1 aliphatic carbocycles. The molecule has 2 aliphatic heterocycles. The molecule has 0 radical (unpaired) electrons. The van der Waals surface area contributed by atoms with Crippen LogP contribution in [-0.4, -0.2) is 76.3 Å². The van der Waals surface area contributed by atoms with E-state index >= 15 is 0 Å². The molecule has 0 bridgehead atoms. The molecule has 2 aromatic rings. The maximum atomic E-state index is 13.6. The molecule has 2 fully saturated rings. The smallest absolute Gasteiger partial charge is 0.270 e. The quantitative estimate of drug-likeness (QED) is 0.332. The van der Waals surface area contributed by atoms with Crippen LogP contribution in [0.5, 0.6) is 5.75 Å². The number of benzene rings is 2. The molecule has 5 rings (SSSR count). The van der Waals surface area contributed by atoms with Crippen molar-refractivity contribution in [3.8, 4) is 5.75 Å². The number of ether oxygens (including phenoxy) is 3. The Morgan fingerprint density at radius 1 is 1.07 bits per heavy atom. The normalized spacial score (nSPS) is 21.1. The molecule has 246 valence electrons. The van der Waals surface area contributed by atoms with Gasteiger partial charge in [0.25, 0.3) is 5.91 Å². The predicted octanol–water partition coefficient (Wildman–Crippen LogP) is 5.05. The second-order valence-electron chi connectivity index (χ2n) is 13.2. The molecule has 45 heavy (non-hydrogen) atoms. The van der Waals surface area contributed by atoms with Crippen molar-refractivity contribution in [1.82, 2.24) is 5.32 Å². The van der Waals surface area contributed by atoms with Crippen LogP contribution in [0.4, 0.5) is 11.4 Å². The van der Waals surface area contributed by atoms with Crippen molar-refractivity contribution >= 4 is 29.0 Å². The monoisotopic (exact) mass is 621 g/mol. The van der Waals surface area contributed by atoms with Gasteiger partial charge in [-0.3, -0.25) is 14.4 Å². The summed E-state index contributed by atoms with van der Waals surface area (Å²) in [6, 6.07) is 16.4. The van der Waals surface area contributed by atoms with Gasteiger partial charge in [-0.25, -0.2) is 0 Å². The van der Waals surface area contributed by atoms with Crippen LogP contribution in [0, 0.1) is 17.8 Å². The number of ketones is 1. The number of fused-ring (bicyclic) bond motifs is 1. The summed E-state index contributed by atoms with van der Waals surface area (Å²) in [5, 5.41) is 3.26. The zero-order chi connectivity index (χ0) is 32.6. The fraction of sp³-hybridized carbons (Fsp3) is 0.583. The van der Waals surface area contributed by atoms with Gasteiger partial charge in [0.1, 0.15) is 11.5 Å². The Labute approximate surface area is 268 Å². The Kier molecular flexibility index (Phi) is 12.2. The summed E-state index contributed by atoms with van der Waals surface area (Å²) < 4.78 is 16.3. The van der Waals surface area contributed by atoms with Crippen LogP contribution in [0.2, 0.25) is 0 Å². The summed E-state index contributed by atoms with van der Waals surface area (Å²) in [5.74, 6) is 0.952. The van der Waals surface area contributed by atoms with E-state index in [4.69, 9.17) is 14.2 Å². The summed E-state index contributed by atoms with van der Waals surface area (Å²) >= 11 is 0. The van der Waals surface area contributed by atoms with Crippen molar-refractivity contribution in [2.45, 2.75) is 71.4 Å². The van der Waals surface area contributed by atoms with E-state index in [-0.39, 0.29) is 35.5 Å². The third-order valence-electron chi connectivity index (χ3n) is 8.67. The van der Waals surface area contributed by atoms with Gasteiger partial charge >= 0.3 is 0 Å². The number of carbonyl (C=O) groups is 3. The van der Waals surface area contributed by atoms with Crippen molar-refractivity contribution in [3.05, 3.63) is 54.1 Å². The van der Waals surface area contributed by atoms with Gasteiger partial charge in [-0.2, -0.15) is 0 Å². The summed E-state index contributed by atoms with van der Waals surface area (Å²) in [7, 11) is 3.40. The number of Topliss-reactive ketones (excluding diaryl/α,β-unsaturated/α-hetero) is 1. The standard InChI is InChI=1S/C25H35N3O5.C11H16O/c1-16(29)17-12-18(15-26-14-17)23(30)28(19-6-7-19)20-8-9-22-21(13-20)27(10-5-11-32-4)24(31)25(2,3)33-22;1-10(9-12-2)8-11-6-4-3-5-7-11/h8-9,13,17-19,26H,5-7,10-12,14-15H2,1-4H3;3-7,10H,8-9H2,1-2H3. The summed E-state index contributed by atoms with van der Waals surface area (Å²) in [6.45, 7) is 10.5. The molecule has 0 aromatic heterocycles. The van der Waals surface area contributed by atoms with Crippen LogP contribution in [-0.2, 0) is 30.3 Å². The average Bonchev–Trinajstić information content (AvgIpc) is 3.85. The van der Waals surface area contributed by atoms with Crippen LogP contribution in [0.25, 0.3) is 0 Å². The molecular weight excluding hydrogens is 570 g/mol. The van der Waals surface area contributed by atoms with Crippen molar-refractivity contribution in [2.75, 3.05) is 56.9 Å². The van der Waals surface area contributed by atoms with Gasteiger partial charge in [0, 0.05) is 64.7 Å². The number of methoxy groups -OCH3 is 2. The SMILES string of the molecule is COCC(C)Cc1ccccc1.COCCCN1C(=O)C(C)(C)Oc2ccc(N(C(=O)C3CNCC(C(C)=O)C3)C3CC3)cc21. The fourth-order valence-corrected chi connectivity index (χ4v) is 6.14. The molecule has 9 nitrogen and oxygen atoms in total. The fourth-order valence-electron chi connectivity index (χ4n) is 6.14. The summed E-state index contributed by atoms with van der Waals surface area (Å²) in [6.07, 6.45) is 4.30. The van der Waals surface area contributed by atoms with Crippen molar-refractivity contribution in [3.63, 3.8) is 0 Å². The lowest BCUT2D eigenvalue weighted by Gasteiger charge is -2.39. The van der Waals surface area contributed by atoms with E-state index < -0.39 is 5.60 Å². The zero-order valence-electron chi connectivity index (χ0n) is 27.8. The first kappa shape index (κ1) is 34.6. The van der Waals surface area contributed by atoms with Crippen LogP contribution < -0.4 is 19.9 Å². The third-order valence-corrected chi connectivity index (χ3v) is 8.67. The maximum absolute atomic E-state index is 13.6. The Morgan fingerprint density at radius 2 is 1.78 bits per heavy atom. The number of nitrogens with zero attached hydrogens (tertiary/aromatic N) is 2. The maximum Gasteiger partial charge on any atom is 0.270 e. The topological polar surface area (TPSA) is 97.4 Å². The zero-order valence-corrected chi connectivity index (χ0v) is 27.8. The lowest BCUT2D eigenvalue weighted by atomic mass is 9.87. The first-order valence-electron chi connectivity index (χ1n) is 16.3. The van der Waals surface area contributed by atoms with E-state index in [1.54, 1.807) is 39.9 Å². The highest BCUT2D eigenvalue weighted by molar-refractivity contribution is 6.04. The highest BCUT2D eigenvalue weighted by Gasteiger charge is 2.43. The molecular formula is C36H51N3O6. The van der Waals surface area contributed by atoms with E-state index in [1.807, 2.05) is 29.2 Å².